The van der Waals surface area contributed by atoms with Gasteiger partial charge in [-0.3, -0.25) is 4.79 Å². The van der Waals surface area contributed by atoms with E-state index < -0.39 is 0 Å². The molecule has 1 amide bonds. The van der Waals surface area contributed by atoms with Crippen LogP contribution in [0.3, 0.4) is 0 Å². The minimum absolute atomic E-state index is 0.116. The predicted octanol–water partition coefficient (Wildman–Crippen LogP) is 0.429. The summed E-state index contributed by atoms with van der Waals surface area (Å²) in [5, 5.41) is 5.38. The van der Waals surface area contributed by atoms with Crippen LogP contribution in [0.5, 0.6) is 0 Å². The molecular weight excluding hydrogens is 232 g/mol. The van der Waals surface area contributed by atoms with Gasteiger partial charge in [0, 0.05) is 11.9 Å². The Kier molecular flexibility index (Phi) is 2.92. The second kappa shape index (κ2) is 4.19. The first-order chi connectivity index (χ1) is 7.20. The average molecular weight is 242 g/mol. The van der Waals surface area contributed by atoms with Gasteiger partial charge in [-0.05, 0) is 24.4 Å². The smallest absolute Gasteiger partial charge is 0.275 e. The maximum Gasteiger partial charge on any atom is 0.275 e. The van der Waals surface area contributed by atoms with Crippen molar-refractivity contribution in [3.05, 3.63) is 11.1 Å². The number of hydrogen-bond acceptors (Lipinski definition) is 5. The van der Waals surface area contributed by atoms with E-state index in [4.69, 9.17) is 18.0 Å². The van der Waals surface area contributed by atoms with Crippen molar-refractivity contribution >= 4 is 34.6 Å². The van der Waals surface area contributed by atoms with Crippen LogP contribution >= 0.6 is 23.8 Å². The van der Waals surface area contributed by atoms with Crippen LogP contribution in [-0.4, -0.2) is 38.0 Å². The van der Waals surface area contributed by atoms with Crippen molar-refractivity contribution in [1.29, 1.82) is 0 Å². The summed E-state index contributed by atoms with van der Waals surface area (Å²) in [6, 6.07) is -0.116. The van der Waals surface area contributed by atoms with Gasteiger partial charge in [-0.2, -0.15) is 0 Å². The molecule has 1 aromatic heterocycles. The second-order valence-corrected chi connectivity index (χ2v) is 4.43. The Bertz CT molecular complexity index is 378. The van der Waals surface area contributed by atoms with Crippen molar-refractivity contribution < 1.29 is 4.79 Å². The summed E-state index contributed by atoms with van der Waals surface area (Å²) < 4.78 is 3.66. The second-order valence-electron chi connectivity index (χ2n) is 3.35. The van der Waals surface area contributed by atoms with Gasteiger partial charge in [0.25, 0.3) is 5.91 Å². The van der Waals surface area contributed by atoms with Crippen LogP contribution in [0.1, 0.15) is 23.3 Å². The zero-order valence-corrected chi connectivity index (χ0v) is 9.55. The molecule has 1 atom stereocenters. The Morgan fingerprint density at radius 2 is 2.53 bits per heavy atom. The van der Waals surface area contributed by atoms with Gasteiger partial charge >= 0.3 is 0 Å². The predicted molar refractivity (Wildman–Crippen MR) is 60.8 cm³/mol. The third kappa shape index (κ3) is 1.98. The number of nitrogens with two attached hydrogens (primary N) is 1. The van der Waals surface area contributed by atoms with Gasteiger partial charge in [-0.25, -0.2) is 0 Å². The number of carbonyl (C=O) groups is 1. The molecule has 0 spiro atoms. The fourth-order valence-corrected chi connectivity index (χ4v) is 2.39. The SMILES string of the molecule is NC(=S)C1CCCN1C(=O)c1csnn1. The van der Waals surface area contributed by atoms with Crippen molar-refractivity contribution in [3.63, 3.8) is 0 Å². The van der Waals surface area contributed by atoms with Crippen LogP contribution in [0.2, 0.25) is 0 Å². The van der Waals surface area contributed by atoms with Crippen LogP contribution in [0.4, 0.5) is 0 Å². The third-order valence-corrected chi connectivity index (χ3v) is 3.20. The highest BCUT2D eigenvalue weighted by molar-refractivity contribution is 7.80. The normalized spacial score (nSPS) is 20.5. The topological polar surface area (TPSA) is 72.1 Å². The van der Waals surface area contributed by atoms with Crippen molar-refractivity contribution in [2.24, 2.45) is 5.73 Å². The van der Waals surface area contributed by atoms with Crippen LogP contribution in [0.25, 0.3) is 0 Å². The summed E-state index contributed by atoms with van der Waals surface area (Å²) in [6.07, 6.45) is 1.78. The highest BCUT2D eigenvalue weighted by atomic mass is 32.1. The molecule has 2 rings (SSSR count). The lowest BCUT2D eigenvalue weighted by Crippen LogP contribution is -2.42. The van der Waals surface area contributed by atoms with Crippen molar-refractivity contribution in [3.8, 4) is 0 Å². The number of thiocarbonyl (C=S) groups is 1. The van der Waals surface area contributed by atoms with Crippen molar-refractivity contribution in [2.75, 3.05) is 6.54 Å². The molecule has 5 nitrogen and oxygen atoms in total. The van der Waals surface area contributed by atoms with E-state index in [2.05, 4.69) is 9.59 Å². The number of nitrogens with zero attached hydrogens (tertiary/aromatic N) is 3. The summed E-state index contributed by atoms with van der Waals surface area (Å²) >= 11 is 6.10. The number of hydrogen-bond donors (Lipinski definition) is 1. The standard InChI is InChI=1S/C8H10N4OS2/c9-7(14)6-2-1-3-12(6)8(13)5-4-15-11-10-5/h4,6H,1-3H2,(H2,9,14). The fourth-order valence-electron chi connectivity index (χ4n) is 1.71. The van der Waals surface area contributed by atoms with Crippen molar-refractivity contribution in [1.82, 2.24) is 14.5 Å². The molecule has 0 bridgehead atoms. The number of aromatic nitrogens is 2. The van der Waals surface area contributed by atoms with Crippen LogP contribution in [0.15, 0.2) is 5.38 Å². The van der Waals surface area contributed by atoms with Gasteiger partial charge in [0.1, 0.15) is 0 Å². The Morgan fingerprint density at radius 1 is 1.73 bits per heavy atom. The van der Waals surface area contributed by atoms with Gasteiger partial charge in [0.2, 0.25) is 0 Å². The first kappa shape index (κ1) is 10.4. The lowest BCUT2D eigenvalue weighted by molar-refractivity contribution is 0.0764. The molecule has 1 fully saturated rings. The molecule has 1 aliphatic heterocycles. The van der Waals surface area contributed by atoms with E-state index in [-0.39, 0.29) is 11.9 Å². The van der Waals surface area contributed by atoms with Gasteiger partial charge in [-0.1, -0.05) is 16.7 Å². The summed E-state index contributed by atoms with van der Waals surface area (Å²) in [7, 11) is 0. The fraction of sp³-hybridized carbons (Fsp3) is 0.500. The molecule has 1 unspecified atom stereocenters. The molecular formula is C8H10N4OS2. The molecule has 2 heterocycles. The minimum atomic E-state index is -0.126. The van der Waals surface area contributed by atoms with E-state index in [1.807, 2.05) is 0 Å². The molecule has 7 heteroatoms. The van der Waals surface area contributed by atoms with Crippen LogP contribution in [-0.2, 0) is 0 Å². The van der Waals surface area contributed by atoms with E-state index in [0.717, 1.165) is 24.4 Å². The molecule has 1 saturated heterocycles. The highest BCUT2D eigenvalue weighted by Gasteiger charge is 2.32. The first-order valence-electron chi connectivity index (χ1n) is 4.57. The maximum atomic E-state index is 11.9. The van der Waals surface area contributed by atoms with E-state index in [1.54, 1.807) is 10.3 Å². The van der Waals surface area contributed by atoms with Crippen LogP contribution in [0, 0.1) is 0 Å². The number of likely N-dealkylation sites (tertiary alicyclic amines) is 1. The van der Waals surface area contributed by atoms with E-state index >= 15 is 0 Å². The Balaban J connectivity index is 2.17. The Morgan fingerprint density at radius 3 is 3.13 bits per heavy atom. The lowest BCUT2D eigenvalue weighted by Gasteiger charge is -2.22. The van der Waals surface area contributed by atoms with Gasteiger partial charge in [0.15, 0.2) is 5.69 Å². The summed E-state index contributed by atoms with van der Waals surface area (Å²) in [5.41, 5.74) is 5.96. The Hall–Kier alpha value is -1.08. The molecule has 0 aromatic carbocycles. The highest BCUT2D eigenvalue weighted by Crippen LogP contribution is 2.19. The molecule has 80 valence electrons. The largest absolute Gasteiger partial charge is 0.392 e. The molecule has 0 radical (unpaired) electrons. The maximum absolute atomic E-state index is 11.9. The number of rotatable bonds is 2. The van der Waals surface area contributed by atoms with Crippen LogP contribution < -0.4 is 5.73 Å². The summed E-state index contributed by atoms with van der Waals surface area (Å²) in [5.74, 6) is -0.126. The van der Waals surface area contributed by atoms with Crippen molar-refractivity contribution in [2.45, 2.75) is 18.9 Å². The molecule has 0 aliphatic carbocycles. The molecule has 1 aliphatic rings. The Labute approximate surface area is 96.4 Å². The lowest BCUT2D eigenvalue weighted by atomic mass is 10.2. The molecule has 0 saturated carbocycles. The number of amides is 1. The molecule has 2 N–H and O–H groups in total. The van der Waals surface area contributed by atoms with Gasteiger partial charge in [-0.15, -0.1) is 5.10 Å². The van der Waals surface area contributed by atoms with E-state index in [9.17, 15) is 4.79 Å². The zero-order valence-electron chi connectivity index (χ0n) is 7.92. The summed E-state index contributed by atoms with van der Waals surface area (Å²) in [6.45, 7) is 0.693. The quantitative estimate of drug-likeness (QED) is 0.761. The third-order valence-electron chi connectivity index (χ3n) is 2.42. The van der Waals surface area contributed by atoms with E-state index in [0.29, 0.717) is 17.2 Å². The summed E-state index contributed by atoms with van der Waals surface area (Å²) in [4.78, 5) is 14.0. The number of carbonyl (C=O) groups excluding carboxylic acids is 1. The molecule has 1 aromatic rings. The average Bonchev–Trinajstić information content (AvgIpc) is 2.88. The van der Waals surface area contributed by atoms with Gasteiger partial charge in [0.05, 0.1) is 11.0 Å². The minimum Gasteiger partial charge on any atom is -0.392 e. The molecule has 15 heavy (non-hydrogen) atoms. The van der Waals surface area contributed by atoms with E-state index in [1.165, 1.54) is 0 Å². The monoisotopic (exact) mass is 242 g/mol. The van der Waals surface area contributed by atoms with Gasteiger partial charge < -0.3 is 10.6 Å². The zero-order chi connectivity index (χ0) is 10.8. The first-order valence-corrected chi connectivity index (χ1v) is 5.82.